The molecule has 3 atom stereocenters. The fourth-order valence-corrected chi connectivity index (χ4v) is 2.63. The van der Waals surface area contributed by atoms with Crippen LogP contribution in [0.2, 0.25) is 0 Å². The number of piperazine rings is 1. The molecule has 0 aliphatic carbocycles. The standard InChI is InChI=1S/C13H17N3O/c17-13-11(9-5-2-1-3-6-9)16-12-10(15-13)7-4-8-14-12/h1-3,5-6,10-12,14,16H,4,7-8H2,(H,15,17). The predicted octanol–water partition coefficient (Wildman–Crippen LogP) is 0.525. The van der Waals surface area contributed by atoms with E-state index in [4.69, 9.17) is 0 Å². The number of amides is 1. The second-order valence-corrected chi connectivity index (χ2v) is 4.70. The van der Waals surface area contributed by atoms with Crippen LogP contribution in [0.4, 0.5) is 0 Å². The number of carbonyl (C=O) groups excluding carboxylic acids is 1. The number of benzene rings is 1. The summed E-state index contributed by atoms with van der Waals surface area (Å²) < 4.78 is 0. The van der Waals surface area contributed by atoms with Crippen molar-refractivity contribution < 1.29 is 4.79 Å². The van der Waals surface area contributed by atoms with Gasteiger partial charge in [-0.2, -0.15) is 0 Å². The van der Waals surface area contributed by atoms with Crippen LogP contribution in [-0.2, 0) is 4.79 Å². The second-order valence-electron chi connectivity index (χ2n) is 4.70. The lowest BCUT2D eigenvalue weighted by Gasteiger charge is -2.41. The quantitative estimate of drug-likeness (QED) is 0.660. The zero-order valence-electron chi connectivity index (χ0n) is 9.65. The number of hydrogen-bond acceptors (Lipinski definition) is 3. The molecule has 0 aromatic heterocycles. The Morgan fingerprint density at radius 1 is 1.18 bits per heavy atom. The van der Waals surface area contributed by atoms with Gasteiger partial charge in [0.1, 0.15) is 6.04 Å². The molecule has 3 rings (SSSR count). The van der Waals surface area contributed by atoms with E-state index in [1.54, 1.807) is 0 Å². The van der Waals surface area contributed by atoms with Crippen LogP contribution in [0.15, 0.2) is 30.3 Å². The highest BCUT2D eigenvalue weighted by molar-refractivity contribution is 5.84. The van der Waals surface area contributed by atoms with Crippen LogP contribution < -0.4 is 16.0 Å². The van der Waals surface area contributed by atoms with E-state index in [2.05, 4.69) is 16.0 Å². The number of rotatable bonds is 1. The molecule has 0 bridgehead atoms. The molecular formula is C13H17N3O. The van der Waals surface area contributed by atoms with Crippen molar-refractivity contribution in [3.8, 4) is 0 Å². The third-order valence-electron chi connectivity index (χ3n) is 3.53. The van der Waals surface area contributed by atoms with E-state index in [0.717, 1.165) is 24.9 Å². The van der Waals surface area contributed by atoms with Crippen molar-refractivity contribution in [1.82, 2.24) is 16.0 Å². The largest absolute Gasteiger partial charge is 0.349 e. The Hall–Kier alpha value is -1.39. The van der Waals surface area contributed by atoms with E-state index in [-0.39, 0.29) is 24.2 Å². The van der Waals surface area contributed by atoms with Crippen LogP contribution in [0, 0.1) is 0 Å². The van der Waals surface area contributed by atoms with Gasteiger partial charge in [-0.05, 0) is 24.9 Å². The summed E-state index contributed by atoms with van der Waals surface area (Å²) in [5, 5.41) is 9.92. The van der Waals surface area contributed by atoms with E-state index in [0.29, 0.717) is 0 Å². The molecule has 3 N–H and O–H groups in total. The van der Waals surface area contributed by atoms with Crippen molar-refractivity contribution in [3.63, 3.8) is 0 Å². The van der Waals surface area contributed by atoms with Gasteiger partial charge in [0.15, 0.2) is 0 Å². The SMILES string of the molecule is O=C1NC2CCCNC2NC1c1ccccc1. The Morgan fingerprint density at radius 2 is 2.00 bits per heavy atom. The summed E-state index contributed by atoms with van der Waals surface area (Å²) in [6.07, 6.45) is 2.38. The molecule has 2 aliphatic rings. The van der Waals surface area contributed by atoms with Crippen LogP contribution in [0.3, 0.4) is 0 Å². The minimum atomic E-state index is -0.233. The van der Waals surface area contributed by atoms with Gasteiger partial charge >= 0.3 is 0 Å². The predicted molar refractivity (Wildman–Crippen MR) is 65.3 cm³/mol. The van der Waals surface area contributed by atoms with Crippen molar-refractivity contribution in [2.24, 2.45) is 0 Å². The first-order valence-electron chi connectivity index (χ1n) is 6.19. The summed E-state index contributed by atoms with van der Waals surface area (Å²) in [7, 11) is 0. The molecule has 3 unspecified atom stereocenters. The highest BCUT2D eigenvalue weighted by atomic mass is 16.2. The fraction of sp³-hybridized carbons (Fsp3) is 0.462. The first-order valence-corrected chi connectivity index (χ1v) is 6.19. The summed E-state index contributed by atoms with van der Waals surface area (Å²) in [6, 6.07) is 9.86. The Labute approximate surface area is 101 Å². The topological polar surface area (TPSA) is 53.2 Å². The Balaban J connectivity index is 1.80. The number of carbonyl (C=O) groups is 1. The molecule has 0 radical (unpaired) electrons. The molecule has 0 saturated carbocycles. The van der Waals surface area contributed by atoms with Crippen LogP contribution in [0.5, 0.6) is 0 Å². The number of nitrogens with one attached hydrogen (secondary N) is 3. The first-order chi connectivity index (χ1) is 8.34. The monoisotopic (exact) mass is 231 g/mol. The van der Waals surface area contributed by atoms with Gasteiger partial charge in [0.2, 0.25) is 5.91 Å². The van der Waals surface area contributed by atoms with E-state index in [9.17, 15) is 4.79 Å². The van der Waals surface area contributed by atoms with Gasteiger partial charge in [0.25, 0.3) is 0 Å². The van der Waals surface area contributed by atoms with Gasteiger partial charge < -0.3 is 10.6 Å². The van der Waals surface area contributed by atoms with Crippen molar-refractivity contribution in [2.45, 2.75) is 31.1 Å². The van der Waals surface area contributed by atoms with Crippen LogP contribution in [0.25, 0.3) is 0 Å². The van der Waals surface area contributed by atoms with Gasteiger partial charge in [0.05, 0.1) is 12.2 Å². The maximum absolute atomic E-state index is 12.0. The van der Waals surface area contributed by atoms with Gasteiger partial charge in [-0.3, -0.25) is 10.1 Å². The smallest absolute Gasteiger partial charge is 0.242 e. The lowest BCUT2D eigenvalue weighted by molar-refractivity contribution is -0.127. The molecule has 1 amide bonds. The van der Waals surface area contributed by atoms with Crippen molar-refractivity contribution in [3.05, 3.63) is 35.9 Å². The number of hydrogen-bond donors (Lipinski definition) is 3. The molecule has 2 heterocycles. The van der Waals surface area contributed by atoms with Gasteiger partial charge in [-0.25, -0.2) is 0 Å². The van der Waals surface area contributed by atoms with Crippen LogP contribution in [-0.4, -0.2) is 24.7 Å². The zero-order valence-corrected chi connectivity index (χ0v) is 9.65. The van der Waals surface area contributed by atoms with Gasteiger partial charge in [-0.1, -0.05) is 30.3 Å². The molecular weight excluding hydrogens is 214 g/mol. The molecule has 0 spiro atoms. The average Bonchev–Trinajstić information content (AvgIpc) is 2.39. The number of fused-ring (bicyclic) bond motifs is 1. The average molecular weight is 231 g/mol. The lowest BCUT2D eigenvalue weighted by atomic mass is 9.96. The summed E-state index contributed by atoms with van der Waals surface area (Å²) in [5.74, 6) is 0.0844. The van der Waals surface area contributed by atoms with Gasteiger partial charge in [-0.15, -0.1) is 0 Å². The molecule has 2 aliphatic heterocycles. The molecule has 17 heavy (non-hydrogen) atoms. The minimum absolute atomic E-state index is 0.0844. The van der Waals surface area contributed by atoms with Crippen LogP contribution in [0.1, 0.15) is 24.4 Å². The third kappa shape index (κ3) is 2.06. The van der Waals surface area contributed by atoms with Crippen LogP contribution >= 0.6 is 0 Å². The molecule has 90 valence electrons. The molecule has 1 aromatic carbocycles. The van der Waals surface area contributed by atoms with E-state index in [1.165, 1.54) is 0 Å². The highest BCUT2D eigenvalue weighted by Crippen LogP contribution is 2.20. The van der Waals surface area contributed by atoms with Crippen molar-refractivity contribution >= 4 is 5.91 Å². The normalized spacial score (nSPS) is 32.7. The first kappa shape index (κ1) is 10.7. The van der Waals surface area contributed by atoms with Crippen molar-refractivity contribution in [1.29, 1.82) is 0 Å². The van der Waals surface area contributed by atoms with E-state index in [1.807, 2.05) is 30.3 Å². The summed E-state index contributed by atoms with van der Waals surface area (Å²) >= 11 is 0. The third-order valence-corrected chi connectivity index (χ3v) is 3.53. The van der Waals surface area contributed by atoms with E-state index < -0.39 is 0 Å². The Bertz CT molecular complexity index is 406. The Morgan fingerprint density at radius 3 is 2.82 bits per heavy atom. The maximum atomic E-state index is 12.0. The molecule has 4 nitrogen and oxygen atoms in total. The second kappa shape index (κ2) is 4.47. The lowest BCUT2D eigenvalue weighted by Crippen LogP contribution is -2.67. The number of piperidine rings is 1. The molecule has 4 heteroatoms. The zero-order chi connectivity index (χ0) is 11.7. The summed E-state index contributed by atoms with van der Waals surface area (Å²) in [6.45, 7) is 1.02. The molecule has 2 fully saturated rings. The fourth-order valence-electron chi connectivity index (χ4n) is 2.63. The maximum Gasteiger partial charge on any atom is 0.242 e. The van der Waals surface area contributed by atoms with E-state index >= 15 is 0 Å². The molecule has 2 saturated heterocycles. The van der Waals surface area contributed by atoms with Gasteiger partial charge in [0, 0.05) is 0 Å². The molecule has 1 aromatic rings. The highest BCUT2D eigenvalue weighted by Gasteiger charge is 2.36. The summed E-state index contributed by atoms with van der Waals surface area (Å²) in [5.41, 5.74) is 1.02. The van der Waals surface area contributed by atoms with Crippen molar-refractivity contribution in [2.75, 3.05) is 6.54 Å². The minimum Gasteiger partial charge on any atom is -0.349 e. The summed E-state index contributed by atoms with van der Waals surface area (Å²) in [4.78, 5) is 12.0. The Kier molecular flexibility index (Phi) is 2.82.